The standard InChI is InChI=1S/C23H29FN2O4S/c1-17-11-12-21(16-22(17)24)31(28,29)26-19-8-5-7-18(15-19)23(27)25-13-6-14-30-20-9-3-2-4-10-20/h5,7-8,11-12,15-16,20,26H,2-4,6,9-10,13-14H2,1H3,(H,25,27). The smallest absolute Gasteiger partial charge is 0.261 e. The minimum Gasteiger partial charge on any atom is -0.378 e. The minimum absolute atomic E-state index is 0.177. The van der Waals surface area contributed by atoms with Crippen molar-refractivity contribution in [3.63, 3.8) is 0 Å². The summed E-state index contributed by atoms with van der Waals surface area (Å²) in [6, 6.07) is 9.92. The van der Waals surface area contributed by atoms with Gasteiger partial charge in [0.2, 0.25) is 0 Å². The first-order valence-corrected chi connectivity index (χ1v) is 12.1. The molecular formula is C23H29FN2O4S. The maximum atomic E-state index is 13.7. The molecular weight excluding hydrogens is 419 g/mol. The van der Waals surface area contributed by atoms with E-state index in [0.717, 1.165) is 18.9 Å². The largest absolute Gasteiger partial charge is 0.378 e. The van der Waals surface area contributed by atoms with Crippen molar-refractivity contribution in [3.05, 3.63) is 59.4 Å². The van der Waals surface area contributed by atoms with Gasteiger partial charge in [-0.25, -0.2) is 12.8 Å². The number of hydrogen-bond donors (Lipinski definition) is 2. The fraction of sp³-hybridized carbons (Fsp3) is 0.435. The van der Waals surface area contributed by atoms with Gasteiger partial charge in [0, 0.05) is 24.4 Å². The zero-order valence-corrected chi connectivity index (χ0v) is 18.5. The quantitative estimate of drug-likeness (QED) is 0.557. The van der Waals surface area contributed by atoms with Crippen LogP contribution in [0.5, 0.6) is 0 Å². The number of ether oxygens (including phenoxy) is 1. The fourth-order valence-electron chi connectivity index (χ4n) is 3.54. The highest BCUT2D eigenvalue weighted by Gasteiger charge is 2.17. The molecule has 1 aliphatic rings. The van der Waals surface area contributed by atoms with Crippen LogP contribution in [0.15, 0.2) is 47.4 Å². The lowest BCUT2D eigenvalue weighted by molar-refractivity contribution is 0.0273. The molecule has 6 nitrogen and oxygen atoms in total. The van der Waals surface area contributed by atoms with Gasteiger partial charge < -0.3 is 10.1 Å². The van der Waals surface area contributed by atoms with Crippen LogP contribution in [-0.4, -0.2) is 33.6 Å². The first-order chi connectivity index (χ1) is 14.8. The predicted molar refractivity (Wildman–Crippen MR) is 118 cm³/mol. The molecule has 1 aliphatic carbocycles. The summed E-state index contributed by atoms with van der Waals surface area (Å²) >= 11 is 0. The Morgan fingerprint density at radius 3 is 2.65 bits per heavy atom. The van der Waals surface area contributed by atoms with Crippen molar-refractivity contribution in [2.45, 2.75) is 56.4 Å². The van der Waals surface area contributed by atoms with Crippen LogP contribution in [0.4, 0.5) is 10.1 Å². The molecule has 1 fully saturated rings. The monoisotopic (exact) mass is 448 g/mol. The van der Waals surface area contributed by atoms with Crippen molar-refractivity contribution < 1.29 is 22.3 Å². The van der Waals surface area contributed by atoms with Gasteiger partial charge in [0.15, 0.2) is 0 Å². The SMILES string of the molecule is Cc1ccc(S(=O)(=O)Nc2cccc(C(=O)NCCCOC3CCCCC3)c2)cc1F. The van der Waals surface area contributed by atoms with Gasteiger partial charge in [-0.3, -0.25) is 9.52 Å². The van der Waals surface area contributed by atoms with E-state index in [0.29, 0.717) is 36.8 Å². The first kappa shape index (κ1) is 23.2. The molecule has 0 atom stereocenters. The first-order valence-electron chi connectivity index (χ1n) is 10.6. The lowest BCUT2D eigenvalue weighted by atomic mass is 9.98. The van der Waals surface area contributed by atoms with Crippen LogP contribution in [0.3, 0.4) is 0 Å². The number of benzene rings is 2. The van der Waals surface area contributed by atoms with Gasteiger partial charge in [0.25, 0.3) is 15.9 Å². The van der Waals surface area contributed by atoms with E-state index >= 15 is 0 Å². The van der Waals surface area contributed by atoms with Crippen molar-refractivity contribution in [2.75, 3.05) is 17.9 Å². The Morgan fingerprint density at radius 1 is 1.13 bits per heavy atom. The number of hydrogen-bond acceptors (Lipinski definition) is 4. The molecule has 0 saturated heterocycles. The third-order valence-electron chi connectivity index (χ3n) is 5.34. The lowest BCUT2D eigenvalue weighted by Crippen LogP contribution is -2.26. The van der Waals surface area contributed by atoms with Gasteiger partial charge in [-0.15, -0.1) is 0 Å². The zero-order chi connectivity index (χ0) is 22.3. The van der Waals surface area contributed by atoms with Gasteiger partial charge in [-0.2, -0.15) is 0 Å². The highest BCUT2D eigenvalue weighted by Crippen LogP contribution is 2.21. The number of halogens is 1. The van der Waals surface area contributed by atoms with Crippen LogP contribution in [0.2, 0.25) is 0 Å². The zero-order valence-electron chi connectivity index (χ0n) is 17.7. The fourth-order valence-corrected chi connectivity index (χ4v) is 4.60. The molecule has 0 unspecified atom stereocenters. The number of aryl methyl sites for hydroxylation is 1. The molecule has 0 spiro atoms. The lowest BCUT2D eigenvalue weighted by Gasteiger charge is -2.21. The Balaban J connectivity index is 1.51. The van der Waals surface area contributed by atoms with E-state index in [1.54, 1.807) is 19.1 Å². The molecule has 1 saturated carbocycles. The number of amides is 1. The molecule has 1 amide bonds. The maximum Gasteiger partial charge on any atom is 0.261 e. The molecule has 8 heteroatoms. The molecule has 0 aromatic heterocycles. The van der Waals surface area contributed by atoms with Crippen LogP contribution in [0.1, 0.15) is 54.4 Å². The third-order valence-corrected chi connectivity index (χ3v) is 6.72. The van der Waals surface area contributed by atoms with Crippen LogP contribution in [-0.2, 0) is 14.8 Å². The molecule has 0 radical (unpaired) electrons. The number of anilines is 1. The topological polar surface area (TPSA) is 84.5 Å². The highest BCUT2D eigenvalue weighted by molar-refractivity contribution is 7.92. The molecule has 168 valence electrons. The Kier molecular flexibility index (Phi) is 8.03. The van der Waals surface area contributed by atoms with E-state index < -0.39 is 15.8 Å². The Morgan fingerprint density at radius 2 is 1.90 bits per heavy atom. The van der Waals surface area contributed by atoms with Gasteiger partial charge in [0.1, 0.15) is 5.82 Å². The van der Waals surface area contributed by atoms with Crippen LogP contribution >= 0.6 is 0 Å². The summed E-state index contributed by atoms with van der Waals surface area (Å²) in [7, 11) is -3.97. The highest BCUT2D eigenvalue weighted by atomic mass is 32.2. The van der Waals surface area contributed by atoms with E-state index in [1.807, 2.05) is 0 Å². The van der Waals surface area contributed by atoms with Crippen molar-refractivity contribution in [3.8, 4) is 0 Å². The second-order valence-electron chi connectivity index (χ2n) is 7.84. The molecule has 0 aliphatic heterocycles. The van der Waals surface area contributed by atoms with Gasteiger partial charge in [0.05, 0.1) is 11.0 Å². The van der Waals surface area contributed by atoms with Crippen molar-refractivity contribution in [1.29, 1.82) is 0 Å². The maximum absolute atomic E-state index is 13.7. The Labute approximate surface area is 183 Å². The summed E-state index contributed by atoms with van der Waals surface area (Å²) < 4.78 is 47.0. The number of sulfonamides is 1. The minimum atomic E-state index is -3.97. The van der Waals surface area contributed by atoms with Crippen LogP contribution in [0.25, 0.3) is 0 Å². The second-order valence-corrected chi connectivity index (χ2v) is 9.52. The molecule has 2 aromatic carbocycles. The summed E-state index contributed by atoms with van der Waals surface area (Å²) in [4.78, 5) is 12.2. The summed E-state index contributed by atoms with van der Waals surface area (Å²) in [6.07, 6.45) is 7.02. The number of rotatable bonds is 9. The average Bonchev–Trinajstić information content (AvgIpc) is 2.76. The third kappa shape index (κ3) is 6.77. The normalized spacial score (nSPS) is 14.9. The van der Waals surface area contributed by atoms with E-state index in [4.69, 9.17) is 4.74 Å². The Hall–Kier alpha value is -2.45. The van der Waals surface area contributed by atoms with Crippen molar-refractivity contribution >= 4 is 21.6 Å². The Bertz CT molecular complexity index is 1000. The van der Waals surface area contributed by atoms with Crippen molar-refractivity contribution in [2.24, 2.45) is 0 Å². The van der Waals surface area contributed by atoms with E-state index in [-0.39, 0.29) is 16.5 Å². The molecule has 3 rings (SSSR count). The summed E-state index contributed by atoms with van der Waals surface area (Å²) in [5, 5.41) is 2.83. The summed E-state index contributed by atoms with van der Waals surface area (Å²) in [6.45, 7) is 2.64. The van der Waals surface area contributed by atoms with Gasteiger partial charge >= 0.3 is 0 Å². The average molecular weight is 449 g/mol. The molecule has 0 heterocycles. The number of carbonyl (C=O) groups excluding carboxylic acids is 1. The number of carbonyl (C=O) groups is 1. The van der Waals surface area contributed by atoms with Gasteiger partial charge in [-0.05, 0) is 62.1 Å². The molecule has 2 aromatic rings. The molecule has 0 bridgehead atoms. The van der Waals surface area contributed by atoms with Crippen LogP contribution < -0.4 is 10.0 Å². The van der Waals surface area contributed by atoms with Gasteiger partial charge in [-0.1, -0.05) is 31.4 Å². The second kappa shape index (κ2) is 10.7. The molecule has 2 N–H and O–H groups in total. The van der Waals surface area contributed by atoms with Crippen LogP contribution in [0, 0.1) is 12.7 Å². The summed E-state index contributed by atoms with van der Waals surface area (Å²) in [5.74, 6) is -0.886. The van der Waals surface area contributed by atoms with E-state index in [9.17, 15) is 17.6 Å². The van der Waals surface area contributed by atoms with E-state index in [1.165, 1.54) is 43.5 Å². The van der Waals surface area contributed by atoms with E-state index in [2.05, 4.69) is 10.0 Å². The number of nitrogens with one attached hydrogen (secondary N) is 2. The predicted octanol–water partition coefficient (Wildman–Crippen LogP) is 4.40. The molecule has 31 heavy (non-hydrogen) atoms. The van der Waals surface area contributed by atoms with Crippen molar-refractivity contribution in [1.82, 2.24) is 5.32 Å². The summed E-state index contributed by atoms with van der Waals surface area (Å²) in [5.41, 5.74) is 0.930.